The number of hydrogen-bond donors (Lipinski definition) is 1. The molecule has 0 aromatic heterocycles. The van der Waals surface area contributed by atoms with Crippen LogP contribution in [0.5, 0.6) is 0 Å². The van der Waals surface area contributed by atoms with E-state index < -0.39 is 35.2 Å². The van der Waals surface area contributed by atoms with Gasteiger partial charge in [-0.25, -0.2) is 4.89 Å². The van der Waals surface area contributed by atoms with Gasteiger partial charge in [-0.15, -0.1) is 0 Å². The number of ether oxygens (including phenoxy) is 7. The lowest BCUT2D eigenvalue weighted by Gasteiger charge is -2.28. The van der Waals surface area contributed by atoms with Crippen LogP contribution in [0.15, 0.2) is 0 Å². The van der Waals surface area contributed by atoms with Crippen LogP contribution in [0.2, 0.25) is 24.2 Å². The van der Waals surface area contributed by atoms with Crippen LogP contribution >= 0.6 is 0 Å². The number of esters is 1. The van der Waals surface area contributed by atoms with E-state index in [0.29, 0.717) is 112 Å². The van der Waals surface area contributed by atoms with Crippen LogP contribution in [0.1, 0.15) is 74.1 Å². The minimum atomic E-state index is -2.55. The van der Waals surface area contributed by atoms with Gasteiger partial charge < -0.3 is 86.3 Å². The van der Waals surface area contributed by atoms with Gasteiger partial charge in [-0.2, -0.15) is 0 Å². The van der Waals surface area contributed by atoms with Crippen LogP contribution in [0, 0.1) is 0 Å². The minimum absolute atomic E-state index is 0.185. The van der Waals surface area contributed by atoms with E-state index in [4.69, 9.17) is 91.5 Å². The summed E-state index contributed by atoms with van der Waals surface area (Å²) in [6, 6.07) is 3.01. The molecule has 68 heavy (non-hydrogen) atoms. The monoisotopic (exact) mass is 1070 g/mol. The van der Waals surface area contributed by atoms with Crippen molar-refractivity contribution in [1.29, 1.82) is 0 Å². The molecule has 0 saturated heterocycles. The van der Waals surface area contributed by atoms with Gasteiger partial charge >= 0.3 is 41.2 Å². The number of hydrogen-bond acceptors (Lipinski definition) is 22. The normalized spacial score (nSPS) is 11.9. The highest BCUT2D eigenvalue weighted by molar-refractivity contribution is 6.61. The first kappa shape index (κ1) is 74.1. The summed E-state index contributed by atoms with van der Waals surface area (Å²) in [5.74, 6) is -0.288. The lowest BCUT2D eigenvalue weighted by atomic mass is 10.5. The van der Waals surface area contributed by atoms with E-state index in [-0.39, 0.29) is 12.6 Å². The van der Waals surface area contributed by atoms with E-state index in [2.05, 4.69) is 4.89 Å². The molecule has 22 nitrogen and oxygen atoms in total. The molecule has 0 aliphatic heterocycles. The van der Waals surface area contributed by atoms with Crippen molar-refractivity contribution in [2.24, 2.45) is 0 Å². The second-order valence-electron chi connectivity index (χ2n) is 13.6. The minimum Gasteiger partial charge on any atom is -0.463 e. The third-order valence-electron chi connectivity index (χ3n) is 8.85. The predicted molar refractivity (Wildman–Crippen MR) is 265 cm³/mol. The van der Waals surface area contributed by atoms with E-state index >= 15 is 0 Å². The van der Waals surface area contributed by atoms with Gasteiger partial charge in [0, 0.05) is 154 Å². The van der Waals surface area contributed by atoms with E-state index in [1.165, 1.54) is 6.92 Å². The molecule has 0 aromatic carbocycles. The first-order valence-corrected chi connectivity index (χ1v) is 31.4. The smallest absolute Gasteiger partial charge is 0.463 e. The Morgan fingerprint density at radius 1 is 0.353 bits per heavy atom. The molecule has 414 valence electrons. The first-order chi connectivity index (χ1) is 32.8. The second-order valence-corrected chi connectivity index (χ2v) is 25.2. The summed E-state index contributed by atoms with van der Waals surface area (Å²) >= 11 is 0. The molecule has 0 bridgehead atoms. The Kier molecular flexibility index (Phi) is 59.2. The molecule has 0 spiro atoms. The zero-order valence-electron chi connectivity index (χ0n) is 44.9. The van der Waals surface area contributed by atoms with Crippen molar-refractivity contribution >= 4 is 41.2 Å². The molecule has 0 aliphatic rings. The zero-order valence-corrected chi connectivity index (χ0v) is 48.9. The quantitative estimate of drug-likeness (QED) is 0.0251. The van der Waals surface area contributed by atoms with Crippen molar-refractivity contribution in [3.8, 4) is 0 Å². The Morgan fingerprint density at radius 2 is 0.603 bits per heavy atom. The van der Waals surface area contributed by atoms with Gasteiger partial charge in [0.1, 0.15) is 13.2 Å². The van der Waals surface area contributed by atoms with Crippen molar-refractivity contribution in [3.05, 3.63) is 0 Å². The third kappa shape index (κ3) is 43.1. The van der Waals surface area contributed by atoms with Crippen molar-refractivity contribution in [2.45, 2.75) is 98.3 Å². The SMILES string of the molecule is CCO[Si](CCCOCCOC(C)=O)(OCC)OCC.CCO[Si](CCCOCCOO)(OCC)OCC.COCCOCCC[Si](OC)(OC)OC.COCCOCCC[Si](OC)(OC)OC. The summed E-state index contributed by atoms with van der Waals surface area (Å²) in [5.41, 5.74) is 0. The number of methoxy groups -OCH3 is 2. The second kappa shape index (κ2) is 54.3. The molecule has 0 rings (SSSR count). The van der Waals surface area contributed by atoms with E-state index in [1.807, 2.05) is 41.5 Å². The fourth-order valence-corrected chi connectivity index (χ4v) is 14.3. The Morgan fingerprint density at radius 3 is 0.824 bits per heavy atom. The van der Waals surface area contributed by atoms with Crippen LogP contribution in [0.4, 0.5) is 0 Å². The van der Waals surface area contributed by atoms with Gasteiger partial charge in [0.05, 0.1) is 39.6 Å². The van der Waals surface area contributed by atoms with Gasteiger partial charge in [0.2, 0.25) is 0 Å². The summed E-state index contributed by atoms with van der Waals surface area (Å²) in [6.45, 7) is 22.8. The first-order valence-electron chi connectivity index (χ1n) is 23.7. The molecule has 26 heteroatoms. The van der Waals surface area contributed by atoms with Gasteiger partial charge in [-0.05, 0) is 67.2 Å². The van der Waals surface area contributed by atoms with Crippen molar-refractivity contribution < 1.29 is 101 Å². The maximum atomic E-state index is 10.6. The van der Waals surface area contributed by atoms with Crippen LogP contribution < -0.4 is 0 Å². The number of carbonyl (C=O) groups excluding carboxylic acids is 1. The lowest BCUT2D eigenvalue weighted by Crippen LogP contribution is -2.46. The standard InChI is InChI=1S/C13H28O6Si.C11H26O6Si.2C9H22O5Si/c1-5-17-20(18-6-2,19-7-3)12-8-9-15-10-11-16-13(4)14;1-4-15-18(16-5-2,17-6-3)11-7-8-13-9-10-14-12;2*1-10-7-8-14-6-5-9-15(11-2,12-3)13-4/h5-12H2,1-4H3;12H,4-11H2,1-3H3;2*5-9H2,1-4H3. The Hall–Kier alpha value is -0.462. The van der Waals surface area contributed by atoms with Gasteiger partial charge in [0.15, 0.2) is 0 Å². The molecule has 0 radical (unpaired) electrons. The third-order valence-corrected chi connectivity index (χ3v) is 20.8. The summed E-state index contributed by atoms with van der Waals surface area (Å²) in [6.07, 6.45) is 3.33. The highest BCUT2D eigenvalue weighted by atomic mass is 28.4. The molecule has 0 atom stereocenters. The maximum Gasteiger partial charge on any atom is 0.501 e. The molecule has 0 aromatic rings. The van der Waals surface area contributed by atoms with Crippen LogP contribution in [0.25, 0.3) is 0 Å². The highest BCUT2D eigenvalue weighted by Crippen LogP contribution is 2.20. The molecule has 0 saturated carbocycles. The fraction of sp³-hybridized carbons (Fsp3) is 0.976. The van der Waals surface area contributed by atoms with Crippen LogP contribution in [-0.2, 0) is 96.0 Å². The van der Waals surface area contributed by atoms with E-state index in [9.17, 15) is 4.79 Å². The zero-order chi connectivity index (χ0) is 52.1. The largest absolute Gasteiger partial charge is 0.501 e. The Labute approximate surface area is 415 Å². The van der Waals surface area contributed by atoms with E-state index in [1.54, 1.807) is 56.9 Å². The number of carbonyl (C=O) groups is 1. The molecule has 0 fully saturated rings. The van der Waals surface area contributed by atoms with Gasteiger partial charge in [-0.1, -0.05) is 0 Å². The Balaban J connectivity index is -0.000000405. The predicted octanol–water partition coefficient (Wildman–Crippen LogP) is 5.77. The average molecular weight is 1070 g/mol. The molecular formula is C42H98O22Si4. The van der Waals surface area contributed by atoms with Gasteiger partial charge in [-0.3, -0.25) is 10.1 Å². The van der Waals surface area contributed by atoms with Crippen molar-refractivity contribution in [2.75, 3.05) is 176 Å². The summed E-state index contributed by atoms with van der Waals surface area (Å²) in [7, 11) is 3.14. The number of rotatable bonds is 46. The van der Waals surface area contributed by atoms with Crippen molar-refractivity contribution in [1.82, 2.24) is 0 Å². The van der Waals surface area contributed by atoms with E-state index in [0.717, 1.165) is 49.9 Å². The van der Waals surface area contributed by atoms with Crippen LogP contribution in [-0.4, -0.2) is 222 Å². The molecule has 0 aliphatic carbocycles. The van der Waals surface area contributed by atoms with Crippen LogP contribution in [0.3, 0.4) is 0 Å². The molecule has 0 amide bonds. The fourth-order valence-electron chi connectivity index (χ4n) is 5.71. The topological polar surface area (TPSA) is 222 Å². The van der Waals surface area contributed by atoms with Gasteiger partial charge in [0.25, 0.3) is 0 Å². The summed E-state index contributed by atoms with van der Waals surface area (Å²) in [4.78, 5) is 14.5. The highest BCUT2D eigenvalue weighted by Gasteiger charge is 2.41. The van der Waals surface area contributed by atoms with Crippen molar-refractivity contribution in [3.63, 3.8) is 0 Å². The maximum absolute atomic E-state index is 10.6. The molecule has 0 heterocycles. The summed E-state index contributed by atoms with van der Waals surface area (Å²) in [5, 5.41) is 8.13. The summed E-state index contributed by atoms with van der Waals surface area (Å²) < 4.78 is 102. The lowest BCUT2D eigenvalue weighted by molar-refractivity contribution is -0.249. The molecular weight excluding hydrogens is 969 g/mol. The Bertz CT molecular complexity index is 928. The average Bonchev–Trinajstić information content (AvgIpc) is 3.33. The molecule has 0 unspecified atom stereocenters. The molecule has 1 N–H and O–H groups in total.